The minimum absolute atomic E-state index is 0.0106. The molecule has 0 aliphatic carbocycles. The van der Waals surface area contributed by atoms with Crippen LogP contribution in [0.2, 0.25) is 0 Å². The molecule has 0 aromatic heterocycles. The van der Waals surface area contributed by atoms with E-state index in [1.807, 2.05) is 26.0 Å². The van der Waals surface area contributed by atoms with Crippen molar-refractivity contribution >= 4 is 28.8 Å². The lowest BCUT2D eigenvalue weighted by atomic mass is 9.94. The number of carbonyl (C=O) groups excluding carboxylic acids is 2. The van der Waals surface area contributed by atoms with Gasteiger partial charge in [0.1, 0.15) is 5.76 Å². The Kier molecular flexibility index (Phi) is 6.29. The van der Waals surface area contributed by atoms with Crippen LogP contribution in [0.4, 0.5) is 20.2 Å². The number of hydrogen-bond acceptors (Lipinski definition) is 6. The van der Waals surface area contributed by atoms with Gasteiger partial charge in [-0.25, -0.2) is 8.78 Å². The van der Waals surface area contributed by atoms with Gasteiger partial charge in [0.2, 0.25) is 6.79 Å². The maximum atomic E-state index is 14.2. The monoisotopic (exact) mass is 506 g/mol. The Hall–Kier alpha value is -4.40. The molecule has 3 aromatic carbocycles. The van der Waals surface area contributed by atoms with E-state index in [9.17, 15) is 23.5 Å². The number of fused-ring (bicyclic) bond motifs is 1. The third-order valence-corrected chi connectivity index (χ3v) is 6.61. The number of rotatable bonds is 6. The number of anilines is 2. The molecule has 1 N–H and O–H groups in total. The summed E-state index contributed by atoms with van der Waals surface area (Å²) in [4.78, 5) is 29.8. The number of ketones is 1. The van der Waals surface area contributed by atoms with Crippen LogP contribution in [-0.4, -0.2) is 36.7 Å². The van der Waals surface area contributed by atoms with Crippen molar-refractivity contribution in [2.75, 3.05) is 29.7 Å². The summed E-state index contributed by atoms with van der Waals surface area (Å²) in [6.45, 7) is 5.65. The van der Waals surface area contributed by atoms with Gasteiger partial charge >= 0.3 is 0 Å². The molecule has 1 unspecified atom stereocenters. The average Bonchev–Trinajstić information content (AvgIpc) is 3.48. The molecule has 2 aliphatic heterocycles. The van der Waals surface area contributed by atoms with Crippen molar-refractivity contribution in [3.05, 3.63) is 89.0 Å². The van der Waals surface area contributed by atoms with E-state index in [0.717, 1.165) is 35.8 Å². The Labute approximate surface area is 212 Å². The highest BCUT2D eigenvalue weighted by Crippen LogP contribution is 2.44. The smallest absolute Gasteiger partial charge is 0.300 e. The fourth-order valence-corrected chi connectivity index (χ4v) is 4.70. The van der Waals surface area contributed by atoms with E-state index in [1.165, 1.54) is 12.1 Å². The van der Waals surface area contributed by atoms with E-state index in [0.29, 0.717) is 17.1 Å². The third-order valence-electron chi connectivity index (χ3n) is 6.61. The molecule has 1 atom stereocenters. The van der Waals surface area contributed by atoms with E-state index in [1.54, 1.807) is 24.3 Å². The van der Waals surface area contributed by atoms with E-state index >= 15 is 0 Å². The second kappa shape index (κ2) is 9.57. The van der Waals surface area contributed by atoms with Crippen molar-refractivity contribution in [1.82, 2.24) is 0 Å². The molecular formula is C28H24F2N2O5. The molecule has 1 saturated heterocycles. The molecule has 2 aliphatic rings. The zero-order valence-electron chi connectivity index (χ0n) is 20.2. The molecule has 7 nitrogen and oxygen atoms in total. The van der Waals surface area contributed by atoms with E-state index in [-0.39, 0.29) is 23.6 Å². The highest BCUT2D eigenvalue weighted by atomic mass is 19.2. The van der Waals surface area contributed by atoms with Gasteiger partial charge in [0.05, 0.1) is 11.6 Å². The van der Waals surface area contributed by atoms with Gasteiger partial charge in [-0.3, -0.25) is 14.5 Å². The Morgan fingerprint density at radius 1 is 0.946 bits per heavy atom. The molecule has 37 heavy (non-hydrogen) atoms. The van der Waals surface area contributed by atoms with Crippen LogP contribution in [0.5, 0.6) is 11.5 Å². The van der Waals surface area contributed by atoms with Crippen LogP contribution >= 0.6 is 0 Å². The molecule has 190 valence electrons. The number of amides is 1. The van der Waals surface area contributed by atoms with Gasteiger partial charge in [-0.2, -0.15) is 0 Å². The number of ether oxygens (including phenoxy) is 2. The molecule has 0 spiro atoms. The van der Waals surface area contributed by atoms with E-state index < -0.39 is 35.1 Å². The summed E-state index contributed by atoms with van der Waals surface area (Å²) in [6.07, 6.45) is 0. The van der Waals surface area contributed by atoms with Gasteiger partial charge in [0.15, 0.2) is 23.1 Å². The summed E-state index contributed by atoms with van der Waals surface area (Å²) < 4.78 is 38.5. The molecule has 2 heterocycles. The average molecular weight is 507 g/mol. The van der Waals surface area contributed by atoms with Gasteiger partial charge in [0.25, 0.3) is 11.7 Å². The van der Waals surface area contributed by atoms with Crippen LogP contribution in [0.1, 0.15) is 31.0 Å². The minimum Gasteiger partial charge on any atom is -0.507 e. The highest BCUT2D eigenvalue weighted by Gasteiger charge is 2.47. The number of Topliss-reactive ketones (excluding diaryl/α,β-unsaturated/α-hetero) is 1. The predicted molar refractivity (Wildman–Crippen MR) is 134 cm³/mol. The largest absolute Gasteiger partial charge is 0.507 e. The van der Waals surface area contributed by atoms with Gasteiger partial charge < -0.3 is 19.5 Å². The van der Waals surface area contributed by atoms with Gasteiger partial charge in [-0.1, -0.05) is 12.1 Å². The van der Waals surface area contributed by atoms with Crippen LogP contribution in [-0.2, 0) is 9.59 Å². The quantitative estimate of drug-likeness (QED) is 0.283. The number of aliphatic hydroxyl groups excluding tert-OH is 1. The Morgan fingerprint density at radius 2 is 1.65 bits per heavy atom. The Bertz CT molecular complexity index is 1420. The van der Waals surface area contributed by atoms with Crippen molar-refractivity contribution in [1.29, 1.82) is 0 Å². The van der Waals surface area contributed by atoms with E-state index in [2.05, 4.69) is 4.90 Å². The van der Waals surface area contributed by atoms with Crippen molar-refractivity contribution in [2.24, 2.45) is 0 Å². The first kappa shape index (κ1) is 24.3. The third kappa shape index (κ3) is 4.16. The molecular weight excluding hydrogens is 482 g/mol. The fourth-order valence-electron chi connectivity index (χ4n) is 4.70. The number of nitrogens with zero attached hydrogens (tertiary/aromatic N) is 2. The summed E-state index contributed by atoms with van der Waals surface area (Å²) in [5.41, 5.74) is 1.52. The van der Waals surface area contributed by atoms with Crippen molar-refractivity contribution in [3.63, 3.8) is 0 Å². The number of aliphatic hydroxyl groups is 1. The molecule has 1 amide bonds. The fraction of sp³-hybridized carbons (Fsp3) is 0.214. The first-order valence-corrected chi connectivity index (χ1v) is 11.8. The summed E-state index contributed by atoms with van der Waals surface area (Å²) >= 11 is 0. The minimum atomic E-state index is -1.16. The van der Waals surface area contributed by atoms with Crippen LogP contribution in [0.25, 0.3) is 5.76 Å². The lowest BCUT2D eigenvalue weighted by Crippen LogP contribution is -2.29. The van der Waals surface area contributed by atoms with Crippen molar-refractivity contribution in [3.8, 4) is 11.5 Å². The van der Waals surface area contributed by atoms with Gasteiger partial charge in [0, 0.05) is 36.1 Å². The maximum absolute atomic E-state index is 14.2. The SMILES string of the molecule is CCN(CC)c1ccc(C2/C(=C(/O)c3ccc4c(c3)OCO4)C(=O)C(=O)N2c2ccc(F)c(F)c2)cc1. The topological polar surface area (TPSA) is 79.3 Å². The van der Waals surface area contributed by atoms with Crippen LogP contribution in [0.3, 0.4) is 0 Å². The molecule has 3 aromatic rings. The summed E-state index contributed by atoms with van der Waals surface area (Å²) in [5.74, 6) is -3.70. The number of hydrogen-bond donors (Lipinski definition) is 1. The van der Waals surface area contributed by atoms with Crippen molar-refractivity contribution < 1.29 is 33.0 Å². The lowest BCUT2D eigenvalue weighted by molar-refractivity contribution is -0.132. The van der Waals surface area contributed by atoms with Gasteiger partial charge in [-0.15, -0.1) is 0 Å². The molecule has 5 rings (SSSR count). The number of benzene rings is 3. The molecule has 9 heteroatoms. The van der Waals surface area contributed by atoms with Crippen LogP contribution in [0, 0.1) is 11.6 Å². The molecule has 1 fully saturated rings. The van der Waals surface area contributed by atoms with E-state index in [4.69, 9.17) is 9.47 Å². The van der Waals surface area contributed by atoms with Crippen LogP contribution in [0.15, 0.2) is 66.2 Å². The summed E-state index contributed by atoms with van der Waals surface area (Å²) in [5, 5.41) is 11.3. The molecule has 0 saturated carbocycles. The Balaban J connectivity index is 1.67. The number of halogens is 2. The standard InChI is InChI=1S/C28H24F2N2O5/c1-3-31(4-2)18-8-5-16(6-9-18)25-24(26(33)17-7-12-22-23(13-17)37-15-36-22)27(34)28(35)32(25)19-10-11-20(29)21(30)14-19/h5-14,25,33H,3-4,15H2,1-2H3/b26-24-. The normalized spacial score (nSPS) is 17.9. The maximum Gasteiger partial charge on any atom is 0.300 e. The predicted octanol–water partition coefficient (Wildman–Crippen LogP) is 5.17. The van der Waals surface area contributed by atoms with Crippen molar-refractivity contribution in [2.45, 2.75) is 19.9 Å². The Morgan fingerprint density at radius 3 is 2.32 bits per heavy atom. The number of carbonyl (C=O) groups is 2. The zero-order valence-corrected chi connectivity index (χ0v) is 20.2. The summed E-state index contributed by atoms with van der Waals surface area (Å²) in [7, 11) is 0. The van der Waals surface area contributed by atoms with Crippen LogP contribution < -0.4 is 19.3 Å². The first-order valence-electron chi connectivity index (χ1n) is 11.8. The second-order valence-corrected chi connectivity index (χ2v) is 8.60. The molecule has 0 radical (unpaired) electrons. The highest BCUT2D eigenvalue weighted by molar-refractivity contribution is 6.51. The van der Waals surface area contributed by atoms with Gasteiger partial charge in [-0.05, 0) is 61.9 Å². The summed E-state index contributed by atoms with van der Waals surface area (Å²) in [6, 6.07) is 13.8. The zero-order chi connectivity index (χ0) is 26.3. The lowest BCUT2D eigenvalue weighted by Gasteiger charge is -2.27. The molecule has 0 bridgehead atoms. The first-order chi connectivity index (χ1) is 17.8. The second-order valence-electron chi connectivity index (χ2n) is 8.60.